The van der Waals surface area contributed by atoms with Crippen molar-refractivity contribution in [2.75, 3.05) is 25.1 Å². The van der Waals surface area contributed by atoms with Crippen molar-refractivity contribution in [3.8, 4) is 11.5 Å². The van der Waals surface area contributed by atoms with Gasteiger partial charge in [0.1, 0.15) is 5.82 Å². The third-order valence-corrected chi connectivity index (χ3v) is 3.64. The SMILES string of the molecule is O=C(COC(=O)/C=C/c1cccc(F)c1)Nc1ccc2c(c1)OCCCO2. The van der Waals surface area contributed by atoms with Gasteiger partial charge in [0.05, 0.1) is 13.2 Å². The standard InChI is InChI=1S/C20H18FNO5/c21-15-4-1-3-14(11-15)5-8-20(24)27-13-19(23)22-16-6-7-17-18(12-16)26-10-2-9-25-17/h1,3-8,11-12H,2,9-10,13H2,(H,22,23)/b8-5+. The summed E-state index contributed by atoms with van der Waals surface area (Å²) in [6.45, 7) is 0.679. The van der Waals surface area contributed by atoms with Crippen LogP contribution in [0.1, 0.15) is 12.0 Å². The molecule has 0 aliphatic carbocycles. The monoisotopic (exact) mass is 371 g/mol. The number of rotatable bonds is 5. The molecule has 0 radical (unpaired) electrons. The van der Waals surface area contributed by atoms with E-state index in [0.29, 0.717) is 36.0 Å². The van der Waals surface area contributed by atoms with Crippen molar-refractivity contribution in [1.82, 2.24) is 0 Å². The molecular formula is C20H18FNO5. The maximum atomic E-state index is 13.1. The highest BCUT2D eigenvalue weighted by Crippen LogP contribution is 2.32. The number of fused-ring (bicyclic) bond motifs is 1. The molecule has 0 spiro atoms. The van der Waals surface area contributed by atoms with Gasteiger partial charge in [-0.3, -0.25) is 4.79 Å². The number of nitrogens with one attached hydrogen (secondary N) is 1. The maximum absolute atomic E-state index is 13.1. The van der Waals surface area contributed by atoms with Crippen LogP contribution in [0.2, 0.25) is 0 Å². The molecule has 3 rings (SSSR count). The van der Waals surface area contributed by atoms with Crippen molar-refractivity contribution >= 4 is 23.6 Å². The summed E-state index contributed by atoms with van der Waals surface area (Å²) in [7, 11) is 0. The molecule has 27 heavy (non-hydrogen) atoms. The van der Waals surface area contributed by atoms with Crippen molar-refractivity contribution in [3.05, 3.63) is 59.9 Å². The van der Waals surface area contributed by atoms with Crippen molar-refractivity contribution in [1.29, 1.82) is 0 Å². The number of esters is 1. The van der Waals surface area contributed by atoms with Crippen LogP contribution >= 0.6 is 0 Å². The van der Waals surface area contributed by atoms with E-state index in [9.17, 15) is 14.0 Å². The lowest BCUT2D eigenvalue weighted by Crippen LogP contribution is -2.20. The summed E-state index contributed by atoms with van der Waals surface area (Å²) in [5, 5.41) is 2.62. The second-order valence-electron chi connectivity index (χ2n) is 5.76. The van der Waals surface area contributed by atoms with Crippen LogP contribution in [0, 0.1) is 5.82 Å². The number of halogens is 1. The van der Waals surface area contributed by atoms with Gasteiger partial charge in [-0.25, -0.2) is 9.18 Å². The molecule has 0 atom stereocenters. The van der Waals surface area contributed by atoms with Crippen LogP contribution in [0.3, 0.4) is 0 Å². The molecule has 140 valence electrons. The number of anilines is 1. The van der Waals surface area contributed by atoms with E-state index in [1.807, 2.05) is 0 Å². The molecule has 0 bridgehead atoms. The average Bonchev–Trinajstić information content (AvgIpc) is 2.90. The van der Waals surface area contributed by atoms with Gasteiger partial charge in [0, 0.05) is 24.3 Å². The second kappa shape index (κ2) is 8.84. The lowest BCUT2D eigenvalue weighted by atomic mass is 10.2. The van der Waals surface area contributed by atoms with E-state index >= 15 is 0 Å². The van der Waals surface area contributed by atoms with Gasteiger partial charge < -0.3 is 19.5 Å². The van der Waals surface area contributed by atoms with Gasteiger partial charge in [-0.15, -0.1) is 0 Å². The van der Waals surface area contributed by atoms with Crippen LogP contribution in [0.5, 0.6) is 11.5 Å². The molecule has 1 aliphatic heterocycles. The Morgan fingerprint density at radius 1 is 1.11 bits per heavy atom. The predicted octanol–water partition coefficient (Wildman–Crippen LogP) is 3.18. The number of hydrogen-bond donors (Lipinski definition) is 1. The minimum Gasteiger partial charge on any atom is -0.490 e. The molecule has 0 aromatic heterocycles. The Labute approximate surface area is 155 Å². The van der Waals surface area contributed by atoms with Gasteiger partial charge in [-0.05, 0) is 35.9 Å². The molecule has 1 aliphatic rings. The zero-order chi connectivity index (χ0) is 19.1. The van der Waals surface area contributed by atoms with Gasteiger partial charge in [0.2, 0.25) is 0 Å². The summed E-state index contributed by atoms with van der Waals surface area (Å²) in [5.41, 5.74) is 1.03. The fourth-order valence-corrected chi connectivity index (χ4v) is 2.40. The van der Waals surface area contributed by atoms with Crippen LogP contribution in [0.15, 0.2) is 48.5 Å². The Balaban J connectivity index is 1.49. The number of hydrogen-bond acceptors (Lipinski definition) is 5. The average molecular weight is 371 g/mol. The Hall–Kier alpha value is -3.35. The molecule has 1 N–H and O–H groups in total. The third kappa shape index (κ3) is 5.57. The van der Waals surface area contributed by atoms with Crippen LogP contribution in [0.4, 0.5) is 10.1 Å². The molecule has 0 saturated carbocycles. The molecule has 1 amide bonds. The molecule has 1 heterocycles. The predicted molar refractivity (Wildman–Crippen MR) is 97.1 cm³/mol. The highest BCUT2D eigenvalue weighted by molar-refractivity contribution is 5.94. The van der Waals surface area contributed by atoms with E-state index in [0.717, 1.165) is 12.5 Å². The first-order valence-electron chi connectivity index (χ1n) is 8.40. The van der Waals surface area contributed by atoms with Crippen molar-refractivity contribution in [3.63, 3.8) is 0 Å². The summed E-state index contributed by atoms with van der Waals surface area (Å²) < 4.78 is 29.0. The van der Waals surface area contributed by atoms with E-state index in [2.05, 4.69) is 5.32 Å². The highest BCUT2D eigenvalue weighted by Gasteiger charge is 2.12. The summed E-state index contributed by atoms with van der Waals surface area (Å²) in [6.07, 6.45) is 3.33. The fourth-order valence-electron chi connectivity index (χ4n) is 2.40. The number of carbonyl (C=O) groups excluding carboxylic acids is 2. The van der Waals surface area contributed by atoms with Crippen molar-refractivity contribution in [2.45, 2.75) is 6.42 Å². The summed E-state index contributed by atoms with van der Waals surface area (Å²) in [5.74, 6) is -0.412. The minimum atomic E-state index is -0.701. The van der Waals surface area contributed by atoms with Gasteiger partial charge in [-0.1, -0.05) is 12.1 Å². The Kier molecular flexibility index (Phi) is 6.04. The van der Waals surface area contributed by atoms with Crippen LogP contribution in [0.25, 0.3) is 6.08 Å². The molecule has 7 heteroatoms. The van der Waals surface area contributed by atoms with Gasteiger partial charge in [0.15, 0.2) is 18.1 Å². The Bertz CT molecular complexity index is 865. The van der Waals surface area contributed by atoms with Crippen LogP contribution < -0.4 is 14.8 Å². The normalized spacial score (nSPS) is 13.1. The fraction of sp³-hybridized carbons (Fsp3) is 0.200. The van der Waals surface area contributed by atoms with E-state index in [-0.39, 0.29) is 0 Å². The number of ether oxygens (including phenoxy) is 3. The lowest BCUT2D eigenvalue weighted by Gasteiger charge is -2.10. The van der Waals surface area contributed by atoms with Gasteiger partial charge >= 0.3 is 5.97 Å². The third-order valence-electron chi connectivity index (χ3n) is 3.64. The molecule has 6 nitrogen and oxygen atoms in total. The summed E-state index contributed by atoms with van der Waals surface area (Å²) in [6, 6.07) is 10.8. The molecule has 2 aromatic carbocycles. The minimum absolute atomic E-state index is 0.403. The zero-order valence-electron chi connectivity index (χ0n) is 14.4. The van der Waals surface area contributed by atoms with E-state index in [4.69, 9.17) is 14.2 Å². The van der Waals surface area contributed by atoms with Crippen molar-refractivity contribution < 1.29 is 28.2 Å². The largest absolute Gasteiger partial charge is 0.490 e. The smallest absolute Gasteiger partial charge is 0.331 e. The highest BCUT2D eigenvalue weighted by atomic mass is 19.1. The quantitative estimate of drug-likeness (QED) is 0.645. The second-order valence-corrected chi connectivity index (χ2v) is 5.76. The van der Waals surface area contributed by atoms with E-state index < -0.39 is 24.3 Å². The molecule has 0 unspecified atom stereocenters. The number of amides is 1. The summed E-state index contributed by atoms with van der Waals surface area (Å²) in [4.78, 5) is 23.6. The first-order valence-corrected chi connectivity index (χ1v) is 8.40. The van der Waals surface area contributed by atoms with Gasteiger partial charge in [-0.2, -0.15) is 0 Å². The van der Waals surface area contributed by atoms with Crippen LogP contribution in [-0.2, 0) is 14.3 Å². The lowest BCUT2D eigenvalue weighted by molar-refractivity contribution is -0.142. The summed E-state index contributed by atoms with van der Waals surface area (Å²) >= 11 is 0. The maximum Gasteiger partial charge on any atom is 0.331 e. The number of carbonyl (C=O) groups is 2. The Morgan fingerprint density at radius 3 is 2.74 bits per heavy atom. The molecular weight excluding hydrogens is 353 g/mol. The van der Waals surface area contributed by atoms with Crippen LogP contribution in [-0.4, -0.2) is 31.7 Å². The van der Waals surface area contributed by atoms with E-state index in [1.165, 1.54) is 24.3 Å². The molecule has 2 aromatic rings. The molecule has 0 saturated heterocycles. The van der Waals surface area contributed by atoms with E-state index in [1.54, 1.807) is 24.3 Å². The first-order chi connectivity index (χ1) is 13.1. The number of benzene rings is 2. The zero-order valence-corrected chi connectivity index (χ0v) is 14.4. The first kappa shape index (κ1) is 18.4. The topological polar surface area (TPSA) is 73.9 Å². The van der Waals surface area contributed by atoms with Crippen molar-refractivity contribution in [2.24, 2.45) is 0 Å². The Morgan fingerprint density at radius 2 is 1.93 bits per heavy atom. The molecule has 0 fully saturated rings. The van der Waals surface area contributed by atoms with Gasteiger partial charge in [0.25, 0.3) is 5.91 Å².